The predicted molar refractivity (Wildman–Crippen MR) is 142 cm³/mol. The number of thiophene rings is 1. The molecule has 2 N–H and O–H groups in total. The summed E-state index contributed by atoms with van der Waals surface area (Å²) in [5.41, 5.74) is 3.28. The lowest BCUT2D eigenvalue weighted by Gasteiger charge is -2.17. The van der Waals surface area contributed by atoms with E-state index in [-0.39, 0.29) is 5.75 Å². The van der Waals surface area contributed by atoms with Crippen molar-refractivity contribution in [3.05, 3.63) is 88.6 Å². The molecule has 0 bridgehead atoms. The van der Waals surface area contributed by atoms with Gasteiger partial charge in [0.1, 0.15) is 22.7 Å². The highest BCUT2D eigenvalue weighted by molar-refractivity contribution is 7.85. The van der Waals surface area contributed by atoms with Crippen LogP contribution in [0.3, 0.4) is 0 Å². The summed E-state index contributed by atoms with van der Waals surface area (Å²) in [5, 5.41) is 4.86. The molecule has 184 valence electrons. The molecule has 7 nitrogen and oxygen atoms in total. The Balaban J connectivity index is 0.000000221. The molecule has 1 fully saturated rings. The zero-order valence-electron chi connectivity index (χ0n) is 19.9. The van der Waals surface area contributed by atoms with Crippen molar-refractivity contribution in [1.29, 1.82) is 0 Å². The smallest absolute Gasteiger partial charge is 0.269 e. The Bertz CT molecular complexity index is 1360. The number of aromatic nitrogens is 2. The summed E-state index contributed by atoms with van der Waals surface area (Å²) in [6, 6.07) is 19.7. The van der Waals surface area contributed by atoms with E-state index in [1.54, 1.807) is 48.0 Å². The molecule has 9 heteroatoms. The maximum absolute atomic E-state index is 10.4. The molecule has 0 aliphatic carbocycles. The summed E-state index contributed by atoms with van der Waals surface area (Å²) < 4.78 is 29.2. The number of nitrogens with one attached hydrogen (secondary N) is 1. The van der Waals surface area contributed by atoms with E-state index in [0.717, 1.165) is 36.7 Å². The number of aryl methyl sites for hydroxylation is 2. The first-order valence-corrected chi connectivity index (χ1v) is 13.9. The Labute approximate surface area is 210 Å². The van der Waals surface area contributed by atoms with Crippen LogP contribution in [-0.4, -0.2) is 47.0 Å². The molecule has 1 aliphatic heterocycles. The normalized spacial score (nSPS) is 16.1. The second-order valence-corrected chi connectivity index (χ2v) is 11.4. The fourth-order valence-electron chi connectivity index (χ4n) is 4.21. The van der Waals surface area contributed by atoms with Crippen LogP contribution in [0.25, 0.3) is 10.2 Å². The Morgan fingerprint density at radius 3 is 2.34 bits per heavy atom. The second kappa shape index (κ2) is 11.3. The van der Waals surface area contributed by atoms with E-state index in [9.17, 15) is 8.42 Å². The standard InChI is InChI=1S/C19H22N4S.C7H8O3S/c1-13-14(2)24-19-17(13)18(20-12-21-19)22-16-8-9-23(11-16)10-15-6-4-3-5-7-15;8-11(9,10)6-7-4-2-1-3-5-7/h3-7,12,16H,8-11H2,1-2H3,(H,20,21,22);1-5H,6H2,(H,8,9,10). The van der Waals surface area contributed by atoms with Crippen LogP contribution in [0.1, 0.15) is 28.0 Å². The van der Waals surface area contributed by atoms with E-state index < -0.39 is 10.1 Å². The lowest BCUT2D eigenvalue weighted by molar-refractivity contribution is 0.328. The Hall–Kier alpha value is -2.85. The van der Waals surface area contributed by atoms with Crippen LogP contribution in [-0.2, 0) is 22.4 Å². The number of fused-ring (bicyclic) bond motifs is 1. The first-order valence-electron chi connectivity index (χ1n) is 11.5. The summed E-state index contributed by atoms with van der Waals surface area (Å²) >= 11 is 1.75. The lowest BCUT2D eigenvalue weighted by atomic mass is 10.2. The van der Waals surface area contributed by atoms with Crippen molar-refractivity contribution in [2.75, 3.05) is 18.4 Å². The van der Waals surface area contributed by atoms with Crippen LogP contribution < -0.4 is 5.32 Å². The predicted octanol–water partition coefficient (Wildman–Crippen LogP) is 5.07. The largest absolute Gasteiger partial charge is 0.365 e. The lowest BCUT2D eigenvalue weighted by Crippen LogP contribution is -2.26. The maximum atomic E-state index is 10.4. The van der Waals surface area contributed by atoms with Crippen LogP contribution in [0.2, 0.25) is 0 Å². The molecule has 1 unspecified atom stereocenters. The SMILES string of the molecule is Cc1sc2ncnc(NC3CCN(Cc4ccccc4)C3)c2c1C.O=S(=O)(O)Cc1ccccc1. The van der Waals surface area contributed by atoms with Gasteiger partial charge in [-0.2, -0.15) is 8.42 Å². The van der Waals surface area contributed by atoms with Crippen molar-refractivity contribution >= 4 is 37.5 Å². The molecule has 1 aliphatic rings. The molecule has 1 saturated heterocycles. The second-order valence-electron chi connectivity index (χ2n) is 8.75. The van der Waals surface area contributed by atoms with Gasteiger partial charge in [-0.25, -0.2) is 9.97 Å². The minimum Gasteiger partial charge on any atom is -0.365 e. The Morgan fingerprint density at radius 2 is 1.69 bits per heavy atom. The zero-order valence-corrected chi connectivity index (χ0v) is 21.5. The first kappa shape index (κ1) is 25.2. The number of anilines is 1. The van der Waals surface area contributed by atoms with Gasteiger partial charge in [-0.15, -0.1) is 11.3 Å². The molecule has 35 heavy (non-hydrogen) atoms. The molecular formula is C26H30N4O3S2. The third-order valence-electron chi connectivity index (χ3n) is 6.02. The van der Waals surface area contributed by atoms with Gasteiger partial charge in [-0.05, 0) is 37.0 Å². The number of benzene rings is 2. The maximum Gasteiger partial charge on any atom is 0.269 e. The van der Waals surface area contributed by atoms with Crippen LogP contribution in [0, 0.1) is 13.8 Å². The van der Waals surface area contributed by atoms with Crippen LogP contribution in [0.15, 0.2) is 67.0 Å². The number of hydrogen-bond acceptors (Lipinski definition) is 7. The van der Waals surface area contributed by atoms with E-state index in [4.69, 9.17) is 4.55 Å². The molecule has 4 aromatic rings. The topological polar surface area (TPSA) is 95.4 Å². The summed E-state index contributed by atoms with van der Waals surface area (Å²) in [7, 11) is -3.88. The molecule has 2 aromatic heterocycles. The Kier molecular flexibility index (Phi) is 8.12. The fraction of sp³-hybridized carbons (Fsp3) is 0.308. The molecule has 0 amide bonds. The minimum atomic E-state index is -3.88. The van der Waals surface area contributed by atoms with Gasteiger partial charge in [0, 0.05) is 30.6 Å². The molecule has 0 saturated carbocycles. The number of nitrogens with zero attached hydrogens (tertiary/aromatic N) is 3. The van der Waals surface area contributed by atoms with Gasteiger partial charge < -0.3 is 5.32 Å². The third kappa shape index (κ3) is 7.08. The molecule has 3 heterocycles. The first-order chi connectivity index (χ1) is 16.8. The van der Waals surface area contributed by atoms with Crippen molar-refractivity contribution in [1.82, 2.24) is 14.9 Å². The molecule has 2 aromatic carbocycles. The molecule has 5 rings (SSSR count). The number of likely N-dealkylation sites (tertiary alicyclic amines) is 1. The van der Waals surface area contributed by atoms with E-state index in [1.165, 1.54) is 21.4 Å². The molecule has 0 spiro atoms. The van der Waals surface area contributed by atoms with E-state index in [0.29, 0.717) is 11.6 Å². The molecule has 0 radical (unpaired) electrons. The van der Waals surface area contributed by atoms with E-state index in [2.05, 4.69) is 64.4 Å². The van der Waals surface area contributed by atoms with Crippen molar-refractivity contribution < 1.29 is 13.0 Å². The van der Waals surface area contributed by atoms with Crippen molar-refractivity contribution in [3.63, 3.8) is 0 Å². The number of hydrogen-bond donors (Lipinski definition) is 2. The van der Waals surface area contributed by atoms with Crippen LogP contribution in [0.4, 0.5) is 5.82 Å². The average molecular weight is 511 g/mol. The van der Waals surface area contributed by atoms with Gasteiger partial charge >= 0.3 is 0 Å². The minimum absolute atomic E-state index is 0.312. The summed E-state index contributed by atoms with van der Waals surface area (Å²) in [5.74, 6) is 0.682. The monoisotopic (exact) mass is 510 g/mol. The van der Waals surface area contributed by atoms with Gasteiger partial charge in [0.05, 0.1) is 5.39 Å². The quantitative estimate of drug-likeness (QED) is 0.350. The van der Waals surface area contributed by atoms with E-state index in [1.807, 2.05) is 0 Å². The number of rotatable bonds is 6. The van der Waals surface area contributed by atoms with Gasteiger partial charge in [0.15, 0.2) is 0 Å². The summed E-state index contributed by atoms with van der Waals surface area (Å²) in [4.78, 5) is 13.9. The van der Waals surface area contributed by atoms with Gasteiger partial charge in [-0.1, -0.05) is 60.7 Å². The zero-order chi connectivity index (χ0) is 24.8. The van der Waals surface area contributed by atoms with Gasteiger partial charge in [-0.3, -0.25) is 9.45 Å². The fourth-order valence-corrected chi connectivity index (χ4v) is 5.82. The highest BCUT2D eigenvalue weighted by Crippen LogP contribution is 2.33. The third-order valence-corrected chi connectivity index (χ3v) is 7.83. The van der Waals surface area contributed by atoms with Crippen molar-refractivity contribution in [2.24, 2.45) is 0 Å². The van der Waals surface area contributed by atoms with Gasteiger partial charge in [0.2, 0.25) is 0 Å². The molecule has 1 atom stereocenters. The highest BCUT2D eigenvalue weighted by Gasteiger charge is 2.24. The van der Waals surface area contributed by atoms with Gasteiger partial charge in [0.25, 0.3) is 10.1 Å². The van der Waals surface area contributed by atoms with Crippen LogP contribution >= 0.6 is 11.3 Å². The Morgan fingerprint density at radius 1 is 1.03 bits per heavy atom. The highest BCUT2D eigenvalue weighted by atomic mass is 32.2. The van der Waals surface area contributed by atoms with E-state index >= 15 is 0 Å². The average Bonchev–Trinajstić information content (AvgIpc) is 3.38. The van der Waals surface area contributed by atoms with Crippen LogP contribution in [0.5, 0.6) is 0 Å². The molecular weight excluding hydrogens is 480 g/mol. The van der Waals surface area contributed by atoms with Crippen molar-refractivity contribution in [2.45, 2.75) is 38.6 Å². The van der Waals surface area contributed by atoms with Crippen molar-refractivity contribution in [3.8, 4) is 0 Å². The summed E-state index contributed by atoms with van der Waals surface area (Å²) in [6.07, 6.45) is 2.83. The summed E-state index contributed by atoms with van der Waals surface area (Å²) in [6.45, 7) is 7.53.